The number of fused-ring (bicyclic) bond motifs is 2. The van der Waals surface area contributed by atoms with Gasteiger partial charge in [0.15, 0.2) is 0 Å². The van der Waals surface area contributed by atoms with Crippen LogP contribution >= 0.6 is 0 Å². The second-order valence-corrected chi connectivity index (χ2v) is 14.4. The van der Waals surface area contributed by atoms with Gasteiger partial charge >= 0.3 is 5.97 Å². The number of rotatable bonds is 12. The first-order chi connectivity index (χ1) is 29.1. The second kappa shape index (κ2) is 16.8. The summed E-state index contributed by atoms with van der Waals surface area (Å²) in [6.45, 7) is 2.76. The third-order valence-electron chi connectivity index (χ3n) is 10.4. The van der Waals surface area contributed by atoms with Crippen molar-refractivity contribution in [2.24, 2.45) is 0 Å². The zero-order valence-corrected chi connectivity index (χ0v) is 32.5. The lowest BCUT2D eigenvalue weighted by Crippen LogP contribution is -2.05. The van der Waals surface area contributed by atoms with Crippen molar-refractivity contribution in [1.29, 1.82) is 0 Å². The van der Waals surface area contributed by atoms with Crippen LogP contribution < -0.4 is 14.2 Å². The molecule has 0 aliphatic carbocycles. The van der Waals surface area contributed by atoms with E-state index in [9.17, 15) is 4.79 Å². The minimum Gasteiger partial charge on any atom is -0.488 e. The van der Waals surface area contributed by atoms with Crippen LogP contribution in [0.15, 0.2) is 200 Å². The lowest BCUT2D eigenvalue weighted by Gasteiger charge is -2.18. The average molecular weight is 769 g/mol. The van der Waals surface area contributed by atoms with Gasteiger partial charge in [-0.3, -0.25) is 0 Å². The SMILES string of the molecule is Cc1ccc(Oc2ccc(-c3c4ccccc4c(-c4ccc(Oc5ccc(C(=O)OCc6ccccc6)cc5)cc4)c4ccccc34)cc2)cc1OCc1ccccc1. The highest BCUT2D eigenvalue weighted by molar-refractivity contribution is 6.21. The summed E-state index contributed by atoms with van der Waals surface area (Å²) in [6.07, 6.45) is 0. The largest absolute Gasteiger partial charge is 0.488 e. The van der Waals surface area contributed by atoms with Gasteiger partial charge in [-0.1, -0.05) is 140 Å². The monoisotopic (exact) mass is 768 g/mol. The predicted molar refractivity (Wildman–Crippen MR) is 236 cm³/mol. The number of aryl methyl sites for hydroxylation is 1. The van der Waals surface area contributed by atoms with E-state index in [1.165, 1.54) is 5.56 Å². The highest BCUT2D eigenvalue weighted by Gasteiger charge is 2.17. The van der Waals surface area contributed by atoms with Crippen molar-refractivity contribution >= 4 is 27.5 Å². The predicted octanol–water partition coefficient (Wildman–Crippen LogP) is 14.2. The van der Waals surface area contributed by atoms with E-state index in [4.69, 9.17) is 18.9 Å². The molecule has 5 heteroatoms. The topological polar surface area (TPSA) is 54.0 Å². The standard InChI is InChI=1S/C54H40O5/c1-37-20-27-46(34-51(37)56-35-38-12-4-2-5-13-38)59-45-30-23-41(24-31-45)53-49-18-10-8-16-47(49)52(48-17-9-11-19-50(48)53)40-21-28-43(29-22-40)58-44-32-25-42(26-33-44)54(55)57-36-39-14-6-3-7-15-39/h2-34H,35-36H2,1H3. The Hall–Kier alpha value is -7.63. The Bertz CT molecular complexity index is 2810. The molecule has 0 unspecified atom stereocenters. The van der Waals surface area contributed by atoms with Gasteiger partial charge in [-0.05, 0) is 122 Å². The van der Waals surface area contributed by atoms with E-state index < -0.39 is 0 Å². The van der Waals surface area contributed by atoms with Gasteiger partial charge in [0, 0.05) is 6.07 Å². The van der Waals surface area contributed by atoms with Crippen molar-refractivity contribution in [3.63, 3.8) is 0 Å². The second-order valence-electron chi connectivity index (χ2n) is 14.4. The van der Waals surface area contributed by atoms with Gasteiger partial charge in [0.25, 0.3) is 0 Å². The van der Waals surface area contributed by atoms with Crippen LogP contribution in [0.3, 0.4) is 0 Å². The number of carbonyl (C=O) groups excluding carboxylic acids is 1. The van der Waals surface area contributed by atoms with Crippen molar-refractivity contribution in [3.05, 3.63) is 222 Å². The summed E-state index contributed by atoms with van der Waals surface area (Å²) in [4.78, 5) is 12.6. The number of esters is 1. The highest BCUT2D eigenvalue weighted by atomic mass is 16.5. The van der Waals surface area contributed by atoms with E-state index >= 15 is 0 Å². The molecule has 0 heterocycles. The first kappa shape index (κ1) is 37.0. The van der Waals surface area contributed by atoms with E-state index in [-0.39, 0.29) is 12.6 Å². The summed E-state index contributed by atoms with van der Waals surface area (Å²) in [6, 6.07) is 66.5. The Kier molecular flexibility index (Phi) is 10.6. The summed E-state index contributed by atoms with van der Waals surface area (Å²) in [7, 11) is 0. The fraction of sp³-hybridized carbons (Fsp3) is 0.0556. The molecular formula is C54H40O5. The average Bonchev–Trinajstić information content (AvgIpc) is 3.29. The third kappa shape index (κ3) is 8.27. The van der Waals surface area contributed by atoms with Crippen molar-refractivity contribution in [2.45, 2.75) is 20.1 Å². The van der Waals surface area contributed by atoms with E-state index in [0.29, 0.717) is 23.7 Å². The molecule has 0 amide bonds. The zero-order valence-electron chi connectivity index (χ0n) is 32.5. The smallest absolute Gasteiger partial charge is 0.338 e. The van der Waals surface area contributed by atoms with Crippen LogP contribution in [0.4, 0.5) is 0 Å². The van der Waals surface area contributed by atoms with Crippen LogP contribution in [0.2, 0.25) is 0 Å². The van der Waals surface area contributed by atoms with Crippen molar-refractivity contribution < 1.29 is 23.7 Å². The number of ether oxygens (including phenoxy) is 4. The van der Waals surface area contributed by atoms with Crippen LogP contribution in [0.1, 0.15) is 27.0 Å². The van der Waals surface area contributed by atoms with E-state index in [1.54, 1.807) is 24.3 Å². The first-order valence-corrected chi connectivity index (χ1v) is 19.6. The number of carbonyl (C=O) groups is 1. The molecule has 0 fully saturated rings. The quantitative estimate of drug-likeness (QED) is 0.0915. The number of benzene rings is 9. The van der Waals surface area contributed by atoms with Gasteiger partial charge in [-0.25, -0.2) is 4.79 Å². The number of hydrogen-bond donors (Lipinski definition) is 0. The Labute approximate surface area is 343 Å². The molecule has 59 heavy (non-hydrogen) atoms. The normalized spacial score (nSPS) is 11.0. The van der Waals surface area contributed by atoms with E-state index in [1.807, 2.05) is 97.9 Å². The lowest BCUT2D eigenvalue weighted by atomic mass is 9.86. The Morgan fingerprint density at radius 2 is 0.831 bits per heavy atom. The molecule has 0 aliphatic rings. The fourth-order valence-electron chi connectivity index (χ4n) is 7.40. The van der Waals surface area contributed by atoms with Gasteiger partial charge in [0.05, 0.1) is 5.56 Å². The van der Waals surface area contributed by atoms with Crippen LogP contribution in [-0.2, 0) is 18.0 Å². The maximum Gasteiger partial charge on any atom is 0.338 e. The molecule has 0 spiro atoms. The summed E-state index contributed by atoms with van der Waals surface area (Å²) in [5, 5.41) is 4.65. The molecule has 0 saturated carbocycles. The summed E-state index contributed by atoms with van der Waals surface area (Å²) in [5.74, 6) is 3.22. The molecule has 0 aliphatic heterocycles. The minimum absolute atomic E-state index is 0.225. The molecule has 0 atom stereocenters. The van der Waals surface area contributed by atoms with Gasteiger partial charge in [-0.2, -0.15) is 0 Å². The molecule has 9 rings (SSSR count). The molecule has 0 aromatic heterocycles. The van der Waals surface area contributed by atoms with Crippen molar-refractivity contribution in [1.82, 2.24) is 0 Å². The van der Waals surface area contributed by atoms with Gasteiger partial charge < -0.3 is 18.9 Å². The molecule has 9 aromatic rings. The van der Waals surface area contributed by atoms with Crippen molar-refractivity contribution in [3.8, 4) is 51.0 Å². The van der Waals surface area contributed by atoms with Crippen LogP contribution in [-0.4, -0.2) is 5.97 Å². The van der Waals surface area contributed by atoms with Crippen LogP contribution in [0, 0.1) is 6.92 Å². The molecule has 286 valence electrons. The first-order valence-electron chi connectivity index (χ1n) is 19.6. The molecule has 0 radical (unpaired) electrons. The molecule has 0 saturated heterocycles. The Morgan fingerprint density at radius 3 is 1.32 bits per heavy atom. The Morgan fingerprint density at radius 1 is 0.424 bits per heavy atom. The maximum atomic E-state index is 12.6. The molecule has 0 N–H and O–H groups in total. The lowest BCUT2D eigenvalue weighted by molar-refractivity contribution is 0.0472. The highest BCUT2D eigenvalue weighted by Crippen LogP contribution is 2.44. The van der Waals surface area contributed by atoms with E-state index in [2.05, 4.69) is 84.9 Å². The van der Waals surface area contributed by atoms with Crippen LogP contribution in [0.25, 0.3) is 43.8 Å². The van der Waals surface area contributed by atoms with Crippen LogP contribution in [0.5, 0.6) is 28.7 Å². The van der Waals surface area contributed by atoms with Crippen molar-refractivity contribution in [2.75, 3.05) is 0 Å². The Balaban J connectivity index is 0.943. The third-order valence-corrected chi connectivity index (χ3v) is 10.4. The minimum atomic E-state index is -0.376. The molecule has 0 bridgehead atoms. The molecule has 9 aromatic carbocycles. The summed E-state index contributed by atoms with van der Waals surface area (Å²) < 4.78 is 24.2. The van der Waals surface area contributed by atoms with E-state index in [0.717, 1.165) is 72.2 Å². The van der Waals surface area contributed by atoms with Gasteiger partial charge in [0.2, 0.25) is 0 Å². The zero-order chi connectivity index (χ0) is 40.0. The summed E-state index contributed by atoms with van der Waals surface area (Å²) >= 11 is 0. The molecule has 5 nitrogen and oxygen atoms in total. The van der Waals surface area contributed by atoms with Gasteiger partial charge in [0.1, 0.15) is 42.0 Å². The molecular weight excluding hydrogens is 729 g/mol. The maximum absolute atomic E-state index is 12.6. The summed E-state index contributed by atoms with van der Waals surface area (Å²) in [5.41, 5.74) is 8.10. The van der Waals surface area contributed by atoms with Gasteiger partial charge in [-0.15, -0.1) is 0 Å². The number of hydrogen-bond acceptors (Lipinski definition) is 5. The fourth-order valence-corrected chi connectivity index (χ4v) is 7.40.